The standard InChI is InChI=1S/C17H35N3/c1-16(2,3)19-10-6-15(7-11-19)14-17(4,5)20-12-8-18-9-13-20/h15,18H,6-14H2,1-5H3. The van der Waals surface area contributed by atoms with Gasteiger partial charge in [0.1, 0.15) is 0 Å². The molecule has 20 heavy (non-hydrogen) atoms. The summed E-state index contributed by atoms with van der Waals surface area (Å²) in [5, 5.41) is 3.46. The molecule has 2 rings (SSSR count). The fraction of sp³-hybridized carbons (Fsp3) is 1.00. The zero-order valence-electron chi connectivity index (χ0n) is 14.3. The zero-order chi connectivity index (χ0) is 14.8. The van der Waals surface area contributed by atoms with Crippen LogP contribution in [0.4, 0.5) is 0 Å². The molecule has 0 saturated carbocycles. The highest BCUT2D eigenvalue weighted by Crippen LogP contribution is 2.32. The lowest BCUT2D eigenvalue weighted by Gasteiger charge is -2.46. The maximum absolute atomic E-state index is 3.46. The van der Waals surface area contributed by atoms with E-state index in [0.29, 0.717) is 11.1 Å². The summed E-state index contributed by atoms with van der Waals surface area (Å²) in [6.07, 6.45) is 4.13. The predicted molar refractivity (Wildman–Crippen MR) is 87.2 cm³/mol. The van der Waals surface area contributed by atoms with Crippen molar-refractivity contribution in [2.24, 2.45) is 5.92 Å². The Bertz CT molecular complexity index is 292. The molecule has 1 N–H and O–H groups in total. The molecule has 3 nitrogen and oxygen atoms in total. The van der Waals surface area contributed by atoms with Gasteiger partial charge in [0.2, 0.25) is 0 Å². The van der Waals surface area contributed by atoms with Crippen LogP contribution in [-0.4, -0.2) is 60.1 Å². The highest BCUT2D eigenvalue weighted by molar-refractivity contribution is 4.89. The maximum atomic E-state index is 3.46. The van der Waals surface area contributed by atoms with Crippen LogP contribution < -0.4 is 5.32 Å². The van der Waals surface area contributed by atoms with Gasteiger partial charge in [-0.3, -0.25) is 9.80 Å². The Balaban J connectivity index is 1.82. The SMILES string of the molecule is CC(C)(C)N1CCC(CC(C)(C)N2CCNCC2)CC1. The van der Waals surface area contributed by atoms with Crippen molar-refractivity contribution in [3.8, 4) is 0 Å². The summed E-state index contributed by atoms with van der Waals surface area (Å²) in [6, 6.07) is 0. The van der Waals surface area contributed by atoms with E-state index in [2.05, 4.69) is 49.7 Å². The minimum atomic E-state index is 0.346. The van der Waals surface area contributed by atoms with Crippen molar-refractivity contribution in [2.45, 2.75) is 65.0 Å². The van der Waals surface area contributed by atoms with E-state index in [9.17, 15) is 0 Å². The Morgan fingerprint density at radius 3 is 1.90 bits per heavy atom. The van der Waals surface area contributed by atoms with Crippen molar-refractivity contribution < 1.29 is 0 Å². The smallest absolute Gasteiger partial charge is 0.0157 e. The average Bonchev–Trinajstić information content (AvgIpc) is 2.39. The van der Waals surface area contributed by atoms with Crippen LogP contribution >= 0.6 is 0 Å². The molecule has 0 atom stereocenters. The van der Waals surface area contributed by atoms with E-state index in [1.54, 1.807) is 0 Å². The molecule has 0 amide bonds. The normalized spacial score (nSPS) is 25.1. The lowest BCUT2D eigenvalue weighted by molar-refractivity contribution is 0.0439. The van der Waals surface area contributed by atoms with E-state index in [1.165, 1.54) is 45.4 Å². The average molecular weight is 281 g/mol. The van der Waals surface area contributed by atoms with E-state index >= 15 is 0 Å². The van der Waals surface area contributed by atoms with Crippen LogP contribution in [0.5, 0.6) is 0 Å². The fourth-order valence-electron chi connectivity index (χ4n) is 3.91. The van der Waals surface area contributed by atoms with Crippen molar-refractivity contribution in [3.63, 3.8) is 0 Å². The van der Waals surface area contributed by atoms with Gasteiger partial charge in [0.15, 0.2) is 0 Å². The summed E-state index contributed by atoms with van der Waals surface area (Å²) in [5.74, 6) is 0.915. The molecule has 0 spiro atoms. The van der Waals surface area contributed by atoms with Gasteiger partial charge in [-0.15, -0.1) is 0 Å². The molecule has 3 heteroatoms. The van der Waals surface area contributed by atoms with Crippen molar-refractivity contribution in [1.82, 2.24) is 15.1 Å². The molecule has 0 aliphatic carbocycles. The molecular formula is C17H35N3. The summed E-state index contributed by atoms with van der Waals surface area (Å²) < 4.78 is 0. The second-order valence-electron chi connectivity index (χ2n) is 8.35. The van der Waals surface area contributed by atoms with Crippen molar-refractivity contribution in [3.05, 3.63) is 0 Å². The van der Waals surface area contributed by atoms with Gasteiger partial charge < -0.3 is 5.32 Å². The van der Waals surface area contributed by atoms with E-state index in [0.717, 1.165) is 19.0 Å². The predicted octanol–water partition coefficient (Wildman–Crippen LogP) is 2.57. The summed E-state index contributed by atoms with van der Waals surface area (Å²) >= 11 is 0. The van der Waals surface area contributed by atoms with Crippen molar-refractivity contribution >= 4 is 0 Å². The monoisotopic (exact) mass is 281 g/mol. The number of piperidine rings is 1. The molecule has 0 bridgehead atoms. The van der Waals surface area contributed by atoms with Crippen LogP contribution in [0.25, 0.3) is 0 Å². The Morgan fingerprint density at radius 1 is 0.850 bits per heavy atom. The Hall–Kier alpha value is -0.120. The highest BCUT2D eigenvalue weighted by Gasteiger charge is 2.33. The number of nitrogens with one attached hydrogen (secondary N) is 1. The van der Waals surface area contributed by atoms with Crippen LogP contribution in [0.2, 0.25) is 0 Å². The van der Waals surface area contributed by atoms with E-state index in [4.69, 9.17) is 0 Å². The molecule has 0 aromatic carbocycles. The molecular weight excluding hydrogens is 246 g/mol. The van der Waals surface area contributed by atoms with Gasteiger partial charge in [0.05, 0.1) is 0 Å². The Kier molecular flexibility index (Phi) is 5.14. The first-order valence-corrected chi connectivity index (χ1v) is 8.50. The topological polar surface area (TPSA) is 18.5 Å². The van der Waals surface area contributed by atoms with E-state index in [1.807, 2.05) is 0 Å². The second kappa shape index (κ2) is 6.33. The summed E-state index contributed by atoms with van der Waals surface area (Å²) in [5.41, 5.74) is 0.718. The minimum absolute atomic E-state index is 0.346. The molecule has 0 unspecified atom stereocenters. The number of likely N-dealkylation sites (tertiary alicyclic amines) is 1. The number of hydrogen-bond acceptors (Lipinski definition) is 3. The Labute approximate surface area is 126 Å². The number of hydrogen-bond donors (Lipinski definition) is 1. The molecule has 2 saturated heterocycles. The van der Waals surface area contributed by atoms with E-state index in [-0.39, 0.29) is 0 Å². The van der Waals surface area contributed by atoms with Crippen LogP contribution in [-0.2, 0) is 0 Å². The minimum Gasteiger partial charge on any atom is -0.314 e. The molecule has 2 aliphatic heterocycles. The summed E-state index contributed by atoms with van der Waals surface area (Å²) in [7, 11) is 0. The van der Waals surface area contributed by atoms with Gasteiger partial charge in [-0.1, -0.05) is 0 Å². The fourth-order valence-corrected chi connectivity index (χ4v) is 3.91. The second-order valence-corrected chi connectivity index (χ2v) is 8.35. The molecule has 0 radical (unpaired) electrons. The third-order valence-corrected chi connectivity index (χ3v) is 5.32. The van der Waals surface area contributed by atoms with Crippen LogP contribution in [0.1, 0.15) is 53.9 Å². The number of rotatable bonds is 3. The first-order chi connectivity index (χ1) is 9.29. The molecule has 2 fully saturated rings. The first-order valence-electron chi connectivity index (χ1n) is 8.50. The third kappa shape index (κ3) is 4.19. The quantitative estimate of drug-likeness (QED) is 0.858. The highest BCUT2D eigenvalue weighted by atomic mass is 15.2. The van der Waals surface area contributed by atoms with Crippen molar-refractivity contribution in [1.29, 1.82) is 0 Å². The molecule has 0 aromatic heterocycles. The molecule has 2 aliphatic rings. The van der Waals surface area contributed by atoms with E-state index < -0.39 is 0 Å². The lowest BCUT2D eigenvalue weighted by atomic mass is 9.82. The summed E-state index contributed by atoms with van der Waals surface area (Å²) in [6.45, 7) is 19.3. The molecule has 118 valence electrons. The van der Waals surface area contributed by atoms with Gasteiger partial charge in [-0.05, 0) is 72.9 Å². The number of piperazine rings is 1. The Morgan fingerprint density at radius 2 is 1.40 bits per heavy atom. The molecule has 0 aromatic rings. The zero-order valence-corrected chi connectivity index (χ0v) is 14.3. The molecule has 2 heterocycles. The van der Waals surface area contributed by atoms with Crippen LogP contribution in [0, 0.1) is 5.92 Å². The maximum Gasteiger partial charge on any atom is 0.0157 e. The third-order valence-electron chi connectivity index (χ3n) is 5.32. The number of nitrogens with zero attached hydrogens (tertiary/aromatic N) is 2. The van der Waals surface area contributed by atoms with Gasteiger partial charge in [-0.2, -0.15) is 0 Å². The van der Waals surface area contributed by atoms with Crippen molar-refractivity contribution in [2.75, 3.05) is 39.3 Å². The largest absolute Gasteiger partial charge is 0.314 e. The lowest BCUT2D eigenvalue weighted by Crippen LogP contribution is -2.54. The van der Waals surface area contributed by atoms with Crippen LogP contribution in [0.15, 0.2) is 0 Å². The van der Waals surface area contributed by atoms with Crippen LogP contribution in [0.3, 0.4) is 0 Å². The van der Waals surface area contributed by atoms with Gasteiger partial charge in [-0.25, -0.2) is 0 Å². The van der Waals surface area contributed by atoms with Gasteiger partial charge in [0.25, 0.3) is 0 Å². The van der Waals surface area contributed by atoms with Gasteiger partial charge in [0, 0.05) is 37.3 Å². The summed E-state index contributed by atoms with van der Waals surface area (Å²) in [4.78, 5) is 5.35. The first kappa shape index (κ1) is 16.3. The van der Waals surface area contributed by atoms with Gasteiger partial charge >= 0.3 is 0 Å².